The van der Waals surface area contributed by atoms with E-state index in [4.69, 9.17) is 5.73 Å². The molecule has 3 rings (SSSR count). The van der Waals surface area contributed by atoms with Gasteiger partial charge in [0.05, 0.1) is 0 Å². The van der Waals surface area contributed by atoms with Crippen molar-refractivity contribution in [1.29, 1.82) is 0 Å². The highest BCUT2D eigenvalue weighted by Gasteiger charge is 2.43. The molecule has 3 N–H and O–H groups in total. The van der Waals surface area contributed by atoms with Gasteiger partial charge in [-0.3, -0.25) is 9.69 Å². The van der Waals surface area contributed by atoms with Crippen LogP contribution in [0.15, 0.2) is 24.3 Å². The predicted octanol–water partition coefficient (Wildman–Crippen LogP) is 0.898. The molecule has 1 heterocycles. The van der Waals surface area contributed by atoms with Crippen LogP contribution >= 0.6 is 0 Å². The fourth-order valence-electron chi connectivity index (χ4n) is 3.45. The summed E-state index contributed by atoms with van der Waals surface area (Å²) in [5.41, 5.74) is 6.04. The molecule has 0 aromatic heterocycles. The summed E-state index contributed by atoms with van der Waals surface area (Å²) in [5.74, 6) is -0.965. The lowest BCUT2D eigenvalue weighted by atomic mass is 10.0. The summed E-state index contributed by atoms with van der Waals surface area (Å²) in [7, 11) is -3.39. The number of hydrogen-bond donors (Lipinski definition) is 2. The normalized spacial score (nSPS) is 21.5. The Hall–Kier alpha value is -1.51. The molecule has 1 aromatic carbocycles. The SMILES string of the molecule is NC(=O)C(c1ccc(F)cc1)N1CC(S(=O)(=O)NC2CCCC2)C1. The first kappa shape index (κ1) is 17.3. The van der Waals surface area contributed by atoms with Crippen LogP contribution in [0.25, 0.3) is 0 Å². The minimum atomic E-state index is -3.39. The Balaban J connectivity index is 1.64. The molecular weight excluding hydrogens is 333 g/mol. The van der Waals surface area contributed by atoms with Crippen molar-refractivity contribution < 1.29 is 17.6 Å². The van der Waals surface area contributed by atoms with Crippen LogP contribution in [0, 0.1) is 5.82 Å². The number of primary amides is 1. The molecule has 1 aromatic rings. The summed E-state index contributed by atoms with van der Waals surface area (Å²) in [6.07, 6.45) is 3.88. The van der Waals surface area contributed by atoms with Crippen LogP contribution in [-0.2, 0) is 14.8 Å². The molecule has 132 valence electrons. The van der Waals surface area contributed by atoms with Crippen molar-refractivity contribution in [3.8, 4) is 0 Å². The van der Waals surface area contributed by atoms with Crippen molar-refractivity contribution in [2.24, 2.45) is 5.73 Å². The van der Waals surface area contributed by atoms with Gasteiger partial charge in [0.1, 0.15) is 17.1 Å². The zero-order chi connectivity index (χ0) is 17.3. The molecule has 1 unspecified atom stereocenters. The molecular formula is C16H22FN3O3S. The van der Waals surface area contributed by atoms with Crippen LogP contribution in [-0.4, -0.2) is 43.6 Å². The molecule has 0 bridgehead atoms. The molecule has 1 saturated heterocycles. The number of nitrogens with two attached hydrogens (primary N) is 1. The van der Waals surface area contributed by atoms with Crippen molar-refractivity contribution in [3.05, 3.63) is 35.6 Å². The zero-order valence-corrected chi connectivity index (χ0v) is 14.1. The maximum Gasteiger partial charge on any atom is 0.239 e. The number of benzene rings is 1. The Morgan fingerprint density at radius 1 is 1.21 bits per heavy atom. The third kappa shape index (κ3) is 3.60. The lowest BCUT2D eigenvalue weighted by Gasteiger charge is -2.42. The minimum absolute atomic E-state index is 0.0353. The van der Waals surface area contributed by atoms with E-state index in [9.17, 15) is 17.6 Å². The van der Waals surface area contributed by atoms with E-state index < -0.39 is 33.0 Å². The fourth-order valence-corrected chi connectivity index (χ4v) is 5.12. The number of nitrogens with zero attached hydrogens (tertiary/aromatic N) is 1. The second-order valence-corrected chi connectivity index (χ2v) is 8.57. The maximum atomic E-state index is 13.0. The van der Waals surface area contributed by atoms with Crippen LogP contribution < -0.4 is 10.5 Å². The van der Waals surface area contributed by atoms with Gasteiger partial charge in [0.25, 0.3) is 0 Å². The summed E-state index contributed by atoms with van der Waals surface area (Å²) in [6, 6.07) is 4.84. The van der Waals surface area contributed by atoms with Gasteiger partial charge in [-0.15, -0.1) is 0 Å². The fraction of sp³-hybridized carbons (Fsp3) is 0.562. The van der Waals surface area contributed by atoms with Crippen molar-refractivity contribution in [2.45, 2.75) is 43.0 Å². The number of likely N-dealkylation sites (tertiary alicyclic amines) is 1. The van der Waals surface area contributed by atoms with Crippen molar-refractivity contribution >= 4 is 15.9 Å². The lowest BCUT2D eigenvalue weighted by molar-refractivity contribution is -0.124. The number of carbonyl (C=O) groups is 1. The predicted molar refractivity (Wildman–Crippen MR) is 88.0 cm³/mol. The van der Waals surface area contributed by atoms with E-state index in [0.29, 0.717) is 5.56 Å². The monoisotopic (exact) mass is 355 g/mol. The van der Waals surface area contributed by atoms with Gasteiger partial charge >= 0.3 is 0 Å². The molecule has 1 saturated carbocycles. The average Bonchev–Trinajstić information content (AvgIpc) is 2.95. The molecule has 6 nitrogen and oxygen atoms in total. The van der Waals surface area contributed by atoms with E-state index in [0.717, 1.165) is 25.7 Å². The lowest BCUT2D eigenvalue weighted by Crippen LogP contribution is -2.60. The standard InChI is InChI=1S/C16H22FN3O3S/c17-12-7-5-11(6-8-12)15(16(18)21)20-9-14(10-20)24(22,23)19-13-3-1-2-4-13/h5-8,13-15,19H,1-4,9-10H2,(H2,18,21). The molecule has 0 radical (unpaired) electrons. The van der Waals surface area contributed by atoms with Gasteiger partial charge in [0.2, 0.25) is 15.9 Å². The Kier molecular flexibility index (Phi) is 4.89. The molecule has 0 spiro atoms. The first-order valence-corrected chi connectivity index (χ1v) is 9.71. The number of rotatable bonds is 6. The number of sulfonamides is 1. The van der Waals surface area contributed by atoms with Crippen molar-refractivity contribution in [2.75, 3.05) is 13.1 Å². The molecule has 1 atom stereocenters. The van der Waals surface area contributed by atoms with E-state index in [2.05, 4.69) is 4.72 Å². The summed E-state index contributed by atoms with van der Waals surface area (Å²) in [6.45, 7) is 0.486. The highest BCUT2D eigenvalue weighted by atomic mass is 32.2. The van der Waals surface area contributed by atoms with Crippen LogP contribution in [0.4, 0.5) is 4.39 Å². The van der Waals surface area contributed by atoms with Gasteiger partial charge in [-0.25, -0.2) is 17.5 Å². The number of amides is 1. The summed E-state index contributed by atoms with van der Waals surface area (Å²) >= 11 is 0. The Bertz CT molecular complexity index is 696. The minimum Gasteiger partial charge on any atom is -0.368 e. The molecule has 1 aliphatic carbocycles. The maximum absolute atomic E-state index is 13.0. The Morgan fingerprint density at radius 3 is 2.33 bits per heavy atom. The number of nitrogens with one attached hydrogen (secondary N) is 1. The number of carbonyl (C=O) groups excluding carboxylic acids is 1. The van der Waals surface area contributed by atoms with Gasteiger partial charge in [0, 0.05) is 19.1 Å². The third-order valence-electron chi connectivity index (χ3n) is 4.82. The summed E-state index contributed by atoms with van der Waals surface area (Å²) < 4.78 is 40.6. The van der Waals surface area contributed by atoms with E-state index >= 15 is 0 Å². The Labute approximate surface area is 141 Å². The van der Waals surface area contributed by atoms with E-state index in [1.807, 2.05) is 0 Å². The molecule has 24 heavy (non-hydrogen) atoms. The second-order valence-electron chi connectivity index (χ2n) is 6.58. The van der Waals surface area contributed by atoms with Crippen molar-refractivity contribution in [1.82, 2.24) is 9.62 Å². The quantitative estimate of drug-likeness (QED) is 0.793. The summed E-state index contributed by atoms with van der Waals surface area (Å²) in [5, 5.41) is -0.541. The van der Waals surface area contributed by atoms with Gasteiger partial charge in [0.15, 0.2) is 0 Å². The molecule has 1 amide bonds. The molecule has 2 fully saturated rings. The van der Waals surface area contributed by atoms with Crippen LogP contribution in [0.2, 0.25) is 0 Å². The second kappa shape index (κ2) is 6.78. The average molecular weight is 355 g/mol. The Morgan fingerprint density at radius 2 is 1.79 bits per heavy atom. The first-order chi connectivity index (χ1) is 11.4. The van der Waals surface area contributed by atoms with E-state index in [1.165, 1.54) is 24.3 Å². The van der Waals surface area contributed by atoms with Crippen LogP contribution in [0.1, 0.15) is 37.3 Å². The van der Waals surface area contributed by atoms with Crippen molar-refractivity contribution in [3.63, 3.8) is 0 Å². The van der Waals surface area contributed by atoms with Gasteiger partial charge < -0.3 is 5.73 Å². The van der Waals surface area contributed by atoms with Crippen LogP contribution in [0.3, 0.4) is 0 Å². The third-order valence-corrected chi connectivity index (χ3v) is 6.66. The van der Waals surface area contributed by atoms with Gasteiger partial charge in [-0.2, -0.15) is 0 Å². The molecule has 1 aliphatic heterocycles. The number of halogens is 1. The van der Waals surface area contributed by atoms with E-state index in [-0.39, 0.29) is 19.1 Å². The van der Waals surface area contributed by atoms with Gasteiger partial charge in [-0.1, -0.05) is 25.0 Å². The zero-order valence-electron chi connectivity index (χ0n) is 13.3. The number of hydrogen-bond acceptors (Lipinski definition) is 4. The molecule has 2 aliphatic rings. The molecule has 8 heteroatoms. The largest absolute Gasteiger partial charge is 0.368 e. The van der Waals surface area contributed by atoms with Gasteiger partial charge in [-0.05, 0) is 30.5 Å². The topological polar surface area (TPSA) is 92.5 Å². The highest BCUT2D eigenvalue weighted by Crippen LogP contribution is 2.29. The highest BCUT2D eigenvalue weighted by molar-refractivity contribution is 7.90. The van der Waals surface area contributed by atoms with Crippen LogP contribution in [0.5, 0.6) is 0 Å². The van der Waals surface area contributed by atoms with E-state index in [1.54, 1.807) is 4.90 Å². The smallest absolute Gasteiger partial charge is 0.239 e. The summed E-state index contributed by atoms with van der Waals surface area (Å²) in [4.78, 5) is 13.5. The first-order valence-electron chi connectivity index (χ1n) is 8.17.